The third-order valence-electron chi connectivity index (χ3n) is 2.01. The Morgan fingerprint density at radius 1 is 1.24 bits per heavy atom. The molecule has 0 atom stereocenters. The monoisotopic (exact) mass is 232 g/mol. The molecule has 17 heavy (non-hydrogen) atoms. The van der Waals surface area contributed by atoms with Gasteiger partial charge in [0.15, 0.2) is 0 Å². The molecule has 0 bridgehead atoms. The summed E-state index contributed by atoms with van der Waals surface area (Å²) in [6.45, 7) is 3.90. The van der Waals surface area contributed by atoms with Gasteiger partial charge >= 0.3 is 5.97 Å². The van der Waals surface area contributed by atoms with Crippen LogP contribution in [-0.2, 0) is 11.3 Å². The van der Waals surface area contributed by atoms with E-state index in [1.807, 2.05) is 44.2 Å². The minimum Gasteiger partial charge on any atom is -0.480 e. The molecule has 0 spiro atoms. The van der Waals surface area contributed by atoms with Crippen LogP contribution in [0.3, 0.4) is 0 Å². The summed E-state index contributed by atoms with van der Waals surface area (Å²) < 4.78 is 1.41. The molecule has 0 amide bonds. The Kier molecular flexibility index (Phi) is 4.94. The lowest BCUT2D eigenvalue weighted by Gasteiger charge is -1.96. The summed E-state index contributed by atoms with van der Waals surface area (Å²) in [5, 5.41) is 12.7. The zero-order valence-corrected chi connectivity index (χ0v) is 10.00. The predicted molar refractivity (Wildman–Crippen MR) is 66.6 cm³/mol. The summed E-state index contributed by atoms with van der Waals surface area (Å²) in [6, 6.07) is 11.5. The van der Waals surface area contributed by atoms with E-state index in [4.69, 9.17) is 5.11 Å². The van der Waals surface area contributed by atoms with E-state index in [2.05, 4.69) is 5.10 Å². The molecule has 2 aromatic rings. The van der Waals surface area contributed by atoms with E-state index in [0.717, 1.165) is 11.3 Å². The van der Waals surface area contributed by atoms with Crippen LogP contribution < -0.4 is 0 Å². The number of benzene rings is 1. The summed E-state index contributed by atoms with van der Waals surface area (Å²) in [4.78, 5) is 10.5. The van der Waals surface area contributed by atoms with Gasteiger partial charge in [0.2, 0.25) is 0 Å². The van der Waals surface area contributed by atoms with Crippen molar-refractivity contribution in [1.29, 1.82) is 0 Å². The van der Waals surface area contributed by atoms with Crippen molar-refractivity contribution in [3.05, 3.63) is 42.6 Å². The fourth-order valence-corrected chi connectivity index (χ4v) is 1.35. The average Bonchev–Trinajstić information content (AvgIpc) is 2.80. The van der Waals surface area contributed by atoms with Gasteiger partial charge in [-0.15, -0.1) is 0 Å². The van der Waals surface area contributed by atoms with Gasteiger partial charge in [-0.2, -0.15) is 5.10 Å². The van der Waals surface area contributed by atoms with E-state index in [1.54, 1.807) is 12.3 Å². The third-order valence-corrected chi connectivity index (χ3v) is 2.01. The van der Waals surface area contributed by atoms with Crippen LogP contribution >= 0.6 is 0 Å². The normalized spacial score (nSPS) is 9.29. The number of carboxylic acid groups (broad SMARTS) is 1. The van der Waals surface area contributed by atoms with Gasteiger partial charge in [-0.25, -0.2) is 0 Å². The second-order valence-electron chi connectivity index (χ2n) is 3.16. The first kappa shape index (κ1) is 13.0. The lowest BCUT2D eigenvalue weighted by Crippen LogP contribution is -2.08. The first-order valence-corrected chi connectivity index (χ1v) is 5.56. The summed E-state index contributed by atoms with van der Waals surface area (Å²) in [5.74, 6) is -0.891. The van der Waals surface area contributed by atoms with Crippen molar-refractivity contribution in [2.75, 3.05) is 0 Å². The summed E-state index contributed by atoms with van der Waals surface area (Å²) in [6.07, 6.45) is 1.66. The van der Waals surface area contributed by atoms with Crippen molar-refractivity contribution >= 4 is 5.97 Å². The zero-order valence-electron chi connectivity index (χ0n) is 10.00. The molecule has 0 radical (unpaired) electrons. The second kappa shape index (κ2) is 6.48. The van der Waals surface area contributed by atoms with E-state index in [9.17, 15) is 4.79 Å². The molecule has 2 rings (SSSR count). The summed E-state index contributed by atoms with van der Waals surface area (Å²) in [5.41, 5.74) is 1.78. The highest BCUT2D eigenvalue weighted by atomic mass is 16.4. The van der Waals surface area contributed by atoms with Crippen LogP contribution in [0.5, 0.6) is 0 Å². The fraction of sp³-hybridized carbons (Fsp3) is 0.231. The highest BCUT2D eigenvalue weighted by Crippen LogP contribution is 2.15. The Labute approximate surface area is 101 Å². The number of hydrogen-bond acceptors (Lipinski definition) is 2. The van der Waals surface area contributed by atoms with Crippen molar-refractivity contribution in [2.24, 2.45) is 0 Å². The fourth-order valence-electron chi connectivity index (χ4n) is 1.35. The van der Waals surface area contributed by atoms with Crippen LogP contribution in [0.2, 0.25) is 0 Å². The number of nitrogens with zero attached hydrogens (tertiary/aromatic N) is 2. The summed E-state index contributed by atoms with van der Waals surface area (Å²) in [7, 11) is 0. The van der Waals surface area contributed by atoms with Crippen LogP contribution in [0.25, 0.3) is 11.3 Å². The molecule has 0 saturated heterocycles. The molecule has 0 aliphatic carbocycles. The number of rotatable bonds is 3. The Balaban J connectivity index is 0.000000686. The second-order valence-corrected chi connectivity index (χ2v) is 3.16. The van der Waals surface area contributed by atoms with Crippen molar-refractivity contribution in [1.82, 2.24) is 9.78 Å². The molecule has 0 aliphatic rings. The van der Waals surface area contributed by atoms with Crippen LogP contribution in [0.15, 0.2) is 42.6 Å². The smallest absolute Gasteiger partial charge is 0.325 e. The molecule has 4 heteroatoms. The molecule has 1 aromatic heterocycles. The quantitative estimate of drug-likeness (QED) is 0.885. The van der Waals surface area contributed by atoms with Crippen LogP contribution in [0.1, 0.15) is 13.8 Å². The molecule has 4 nitrogen and oxygen atoms in total. The molecule has 0 saturated carbocycles. The highest BCUT2D eigenvalue weighted by Gasteiger charge is 2.03. The third kappa shape index (κ3) is 3.75. The van der Waals surface area contributed by atoms with Crippen LogP contribution in [-0.4, -0.2) is 20.9 Å². The van der Waals surface area contributed by atoms with Gasteiger partial charge in [0, 0.05) is 11.8 Å². The highest BCUT2D eigenvalue weighted by molar-refractivity contribution is 5.66. The molecular formula is C13H16N2O2. The number of aromatic nitrogens is 2. The maximum atomic E-state index is 10.5. The lowest BCUT2D eigenvalue weighted by atomic mass is 10.2. The molecule has 1 aromatic carbocycles. The molecule has 0 aliphatic heterocycles. The van der Waals surface area contributed by atoms with Gasteiger partial charge in [-0.1, -0.05) is 44.2 Å². The van der Waals surface area contributed by atoms with Crippen molar-refractivity contribution in [3.8, 4) is 11.3 Å². The van der Waals surface area contributed by atoms with E-state index in [1.165, 1.54) is 4.68 Å². The van der Waals surface area contributed by atoms with Gasteiger partial charge in [-0.3, -0.25) is 9.48 Å². The largest absolute Gasteiger partial charge is 0.480 e. The minimum absolute atomic E-state index is 0.104. The lowest BCUT2D eigenvalue weighted by molar-refractivity contribution is -0.137. The number of hydrogen-bond donors (Lipinski definition) is 1. The van der Waals surface area contributed by atoms with Crippen molar-refractivity contribution < 1.29 is 9.90 Å². The number of aliphatic carboxylic acids is 1. The number of carboxylic acids is 1. The van der Waals surface area contributed by atoms with E-state index in [0.29, 0.717) is 0 Å². The topological polar surface area (TPSA) is 55.1 Å². The van der Waals surface area contributed by atoms with Gasteiger partial charge in [0.1, 0.15) is 6.54 Å². The van der Waals surface area contributed by atoms with Crippen LogP contribution in [0.4, 0.5) is 0 Å². The maximum absolute atomic E-state index is 10.5. The van der Waals surface area contributed by atoms with Gasteiger partial charge in [0.25, 0.3) is 0 Å². The first-order chi connectivity index (χ1) is 8.25. The average molecular weight is 232 g/mol. The van der Waals surface area contributed by atoms with E-state index in [-0.39, 0.29) is 6.54 Å². The Morgan fingerprint density at radius 2 is 1.88 bits per heavy atom. The van der Waals surface area contributed by atoms with Gasteiger partial charge in [0.05, 0.1) is 5.69 Å². The molecule has 0 unspecified atom stereocenters. The Morgan fingerprint density at radius 3 is 2.47 bits per heavy atom. The van der Waals surface area contributed by atoms with E-state index >= 15 is 0 Å². The molecule has 90 valence electrons. The molecule has 1 heterocycles. The Hall–Kier alpha value is -2.10. The standard InChI is InChI=1S/C11H10N2O2.C2H6/c14-11(15)8-13-7-6-10(12-13)9-4-2-1-3-5-9;1-2/h1-7H,8H2,(H,14,15);1-2H3. The van der Waals surface area contributed by atoms with Gasteiger partial charge < -0.3 is 5.11 Å². The predicted octanol–water partition coefficient (Wildman–Crippen LogP) is 2.66. The zero-order chi connectivity index (χ0) is 12.7. The van der Waals surface area contributed by atoms with E-state index < -0.39 is 5.97 Å². The summed E-state index contributed by atoms with van der Waals surface area (Å²) >= 11 is 0. The number of carbonyl (C=O) groups is 1. The molecular weight excluding hydrogens is 216 g/mol. The van der Waals surface area contributed by atoms with Crippen LogP contribution in [0, 0.1) is 0 Å². The molecule has 1 N–H and O–H groups in total. The first-order valence-electron chi connectivity index (χ1n) is 5.56. The Bertz CT molecular complexity index is 463. The van der Waals surface area contributed by atoms with Crippen molar-refractivity contribution in [2.45, 2.75) is 20.4 Å². The molecule has 0 fully saturated rings. The minimum atomic E-state index is -0.891. The maximum Gasteiger partial charge on any atom is 0.325 e. The van der Waals surface area contributed by atoms with Gasteiger partial charge in [-0.05, 0) is 6.07 Å². The van der Waals surface area contributed by atoms with Crippen molar-refractivity contribution in [3.63, 3.8) is 0 Å². The SMILES string of the molecule is CC.O=C(O)Cn1ccc(-c2ccccc2)n1.